The van der Waals surface area contributed by atoms with Gasteiger partial charge in [-0.1, -0.05) is 6.07 Å². The number of thiophene rings is 1. The van der Waals surface area contributed by atoms with Crippen molar-refractivity contribution in [3.05, 3.63) is 52.3 Å². The van der Waals surface area contributed by atoms with Crippen molar-refractivity contribution in [2.75, 3.05) is 51.4 Å². The predicted octanol–water partition coefficient (Wildman–Crippen LogP) is 6.28. The molecular formula is C38H48F3N7O5S. The summed E-state index contributed by atoms with van der Waals surface area (Å²) in [4.78, 5) is 35.8. The average Bonchev–Trinajstić information content (AvgIpc) is 3.67. The standard InChI is InChI=1S/C38H48F3N7O5S/c1-25-26(22-47-12-9-27(10-13-47)46-35-31-19-29(20-38(39,40)41)54-36(31)45-24-44-35)7-8-32-30(25)18-28(21-42)48(32)14-11-43-33(49)23-52-17-16-51-15-5-6-34(50)53-37(2,3)4/h7-8,18-19,24,27H,5-6,9-17,20,22-23H2,1-4H3,(H,43,49)(H,44,45,46). The molecule has 0 bridgehead atoms. The Labute approximate surface area is 317 Å². The highest BCUT2D eigenvalue weighted by Gasteiger charge is 2.29. The van der Waals surface area contributed by atoms with Crippen LogP contribution in [0.3, 0.4) is 0 Å². The number of fused-ring (bicyclic) bond motifs is 2. The molecule has 0 radical (unpaired) electrons. The van der Waals surface area contributed by atoms with Gasteiger partial charge < -0.3 is 29.4 Å². The molecule has 12 nitrogen and oxygen atoms in total. The summed E-state index contributed by atoms with van der Waals surface area (Å²) in [5, 5.41) is 17.8. The van der Waals surface area contributed by atoms with Crippen LogP contribution >= 0.6 is 11.3 Å². The van der Waals surface area contributed by atoms with Crippen molar-refractivity contribution in [3.8, 4) is 6.07 Å². The van der Waals surface area contributed by atoms with Crippen LogP contribution in [0.4, 0.5) is 19.0 Å². The van der Waals surface area contributed by atoms with Gasteiger partial charge in [0.1, 0.15) is 40.9 Å². The van der Waals surface area contributed by atoms with Crippen LogP contribution in [-0.2, 0) is 43.3 Å². The molecule has 0 saturated carbocycles. The first-order valence-corrected chi connectivity index (χ1v) is 19.0. The molecule has 54 heavy (non-hydrogen) atoms. The largest absolute Gasteiger partial charge is 0.460 e. The molecule has 0 spiro atoms. The summed E-state index contributed by atoms with van der Waals surface area (Å²) in [6.07, 6.45) is -1.34. The quantitative estimate of drug-likeness (QED) is 0.0931. The highest BCUT2D eigenvalue weighted by molar-refractivity contribution is 7.18. The molecule has 16 heteroatoms. The van der Waals surface area contributed by atoms with E-state index in [0.29, 0.717) is 54.5 Å². The lowest BCUT2D eigenvalue weighted by atomic mass is 10.0. The zero-order valence-corrected chi connectivity index (χ0v) is 32.0. The summed E-state index contributed by atoms with van der Waals surface area (Å²) < 4.78 is 56.9. The van der Waals surface area contributed by atoms with Gasteiger partial charge in [-0.25, -0.2) is 9.97 Å². The SMILES string of the molecule is Cc1c(CN2CCC(Nc3ncnc4sc(CC(F)(F)F)cc34)CC2)ccc2c1cc(C#N)n2CCNC(=O)COCCOCCCC(=O)OC(C)(C)C. The molecule has 0 atom stereocenters. The summed E-state index contributed by atoms with van der Waals surface area (Å²) >= 11 is 1.05. The number of rotatable bonds is 17. The molecule has 0 unspecified atom stereocenters. The number of aryl methyl sites for hydroxylation is 1. The van der Waals surface area contributed by atoms with Crippen molar-refractivity contribution in [2.45, 2.75) is 90.7 Å². The van der Waals surface area contributed by atoms with Crippen molar-refractivity contribution in [1.82, 2.24) is 24.8 Å². The number of benzene rings is 1. The molecule has 1 aromatic carbocycles. The van der Waals surface area contributed by atoms with Gasteiger partial charge in [0.05, 0.1) is 25.0 Å². The molecule has 1 saturated heterocycles. The Kier molecular flexibility index (Phi) is 13.9. The molecule has 4 aromatic rings. The van der Waals surface area contributed by atoms with E-state index >= 15 is 0 Å². The molecule has 2 N–H and O–H groups in total. The number of ether oxygens (including phenoxy) is 3. The molecule has 1 fully saturated rings. The molecule has 1 amide bonds. The van der Waals surface area contributed by atoms with Crippen LogP contribution in [0.15, 0.2) is 30.6 Å². The number of carbonyl (C=O) groups excluding carboxylic acids is 2. The maximum atomic E-state index is 13.0. The number of nitrogens with one attached hydrogen (secondary N) is 2. The fraction of sp³-hybridized carbons (Fsp3) is 0.553. The van der Waals surface area contributed by atoms with Crippen LogP contribution in [0.5, 0.6) is 0 Å². The van der Waals surface area contributed by atoms with Gasteiger partial charge >= 0.3 is 12.1 Å². The third kappa shape index (κ3) is 11.8. The normalized spacial score (nSPS) is 14.4. The van der Waals surface area contributed by atoms with E-state index in [-0.39, 0.29) is 42.4 Å². The molecule has 292 valence electrons. The Bertz CT molecular complexity index is 1940. The lowest BCUT2D eigenvalue weighted by Gasteiger charge is -2.33. The second kappa shape index (κ2) is 18.4. The predicted molar refractivity (Wildman–Crippen MR) is 200 cm³/mol. The summed E-state index contributed by atoms with van der Waals surface area (Å²) in [6.45, 7) is 11.6. The molecule has 5 rings (SSSR count). The maximum absolute atomic E-state index is 13.0. The second-order valence-corrected chi connectivity index (χ2v) is 15.5. The molecule has 0 aliphatic carbocycles. The van der Waals surface area contributed by atoms with Crippen LogP contribution in [0.1, 0.15) is 68.2 Å². The minimum Gasteiger partial charge on any atom is -0.460 e. The summed E-state index contributed by atoms with van der Waals surface area (Å²) in [6, 6.07) is 9.99. The van der Waals surface area contributed by atoms with Crippen LogP contribution in [0.25, 0.3) is 21.1 Å². The van der Waals surface area contributed by atoms with E-state index in [1.807, 2.05) is 37.5 Å². The number of hydrogen-bond acceptors (Lipinski definition) is 11. The Balaban J connectivity index is 1.04. The van der Waals surface area contributed by atoms with E-state index in [0.717, 1.165) is 60.3 Å². The number of anilines is 1. The van der Waals surface area contributed by atoms with Crippen LogP contribution in [0.2, 0.25) is 0 Å². The summed E-state index contributed by atoms with van der Waals surface area (Å²) in [5.41, 5.74) is 3.20. The number of nitrogens with zero attached hydrogens (tertiary/aromatic N) is 5. The third-order valence-electron chi connectivity index (χ3n) is 9.01. The molecule has 4 heterocycles. The van der Waals surface area contributed by atoms with Crippen molar-refractivity contribution in [3.63, 3.8) is 0 Å². The van der Waals surface area contributed by atoms with Gasteiger partial charge in [-0.2, -0.15) is 18.4 Å². The fourth-order valence-corrected chi connectivity index (χ4v) is 7.48. The number of aromatic nitrogens is 3. The number of amides is 1. The lowest BCUT2D eigenvalue weighted by molar-refractivity contribution is -0.155. The van der Waals surface area contributed by atoms with Crippen molar-refractivity contribution < 1.29 is 37.0 Å². The number of carbonyl (C=O) groups is 2. The van der Waals surface area contributed by atoms with Gasteiger partial charge in [0.25, 0.3) is 0 Å². The Morgan fingerprint density at radius 1 is 1.06 bits per heavy atom. The van der Waals surface area contributed by atoms with Crippen LogP contribution < -0.4 is 10.6 Å². The number of halogens is 3. The zero-order valence-electron chi connectivity index (χ0n) is 31.2. The lowest BCUT2D eigenvalue weighted by Crippen LogP contribution is -2.39. The number of alkyl halides is 3. The fourth-order valence-electron chi connectivity index (χ4n) is 6.46. The Morgan fingerprint density at radius 2 is 1.81 bits per heavy atom. The molecule has 3 aromatic heterocycles. The highest BCUT2D eigenvalue weighted by Crippen LogP contribution is 2.33. The van der Waals surface area contributed by atoms with E-state index in [1.165, 1.54) is 11.9 Å². The van der Waals surface area contributed by atoms with Gasteiger partial charge in [0.2, 0.25) is 5.91 Å². The summed E-state index contributed by atoms with van der Waals surface area (Å²) in [5.74, 6) is 0.0467. The molecular weight excluding hydrogens is 724 g/mol. The van der Waals surface area contributed by atoms with E-state index in [1.54, 1.807) is 6.07 Å². The number of hydrogen-bond donors (Lipinski definition) is 2. The van der Waals surface area contributed by atoms with E-state index in [9.17, 15) is 28.0 Å². The average molecular weight is 772 g/mol. The first kappa shape index (κ1) is 40.9. The van der Waals surface area contributed by atoms with Crippen molar-refractivity contribution in [2.24, 2.45) is 0 Å². The number of esters is 1. The Morgan fingerprint density at radius 3 is 2.54 bits per heavy atom. The van der Waals surface area contributed by atoms with Gasteiger partial charge in [0, 0.05) is 67.6 Å². The smallest absolute Gasteiger partial charge is 0.393 e. The minimum absolute atomic E-state index is 0.111. The van der Waals surface area contributed by atoms with Crippen molar-refractivity contribution in [1.29, 1.82) is 5.26 Å². The second-order valence-electron chi connectivity index (χ2n) is 14.4. The molecule has 1 aliphatic rings. The van der Waals surface area contributed by atoms with Gasteiger partial charge in [0.15, 0.2) is 0 Å². The van der Waals surface area contributed by atoms with Gasteiger partial charge in [-0.3, -0.25) is 14.5 Å². The monoisotopic (exact) mass is 771 g/mol. The van der Waals surface area contributed by atoms with E-state index in [4.69, 9.17) is 14.2 Å². The topological polar surface area (TPSA) is 144 Å². The Hall–Kier alpha value is -4.30. The minimum atomic E-state index is -4.28. The third-order valence-corrected chi connectivity index (χ3v) is 10.1. The first-order valence-electron chi connectivity index (χ1n) is 18.1. The number of nitriles is 1. The highest BCUT2D eigenvalue weighted by atomic mass is 32.1. The zero-order chi connectivity index (χ0) is 38.9. The summed E-state index contributed by atoms with van der Waals surface area (Å²) in [7, 11) is 0. The van der Waals surface area contributed by atoms with E-state index < -0.39 is 18.2 Å². The maximum Gasteiger partial charge on any atom is 0.393 e. The van der Waals surface area contributed by atoms with Gasteiger partial charge in [-0.15, -0.1) is 11.3 Å². The van der Waals surface area contributed by atoms with Crippen LogP contribution in [0, 0.1) is 18.3 Å². The van der Waals surface area contributed by atoms with Crippen LogP contribution in [-0.4, -0.2) is 95.2 Å². The van der Waals surface area contributed by atoms with Gasteiger partial charge in [-0.05, 0) is 76.3 Å². The number of likely N-dealkylation sites (tertiary alicyclic amines) is 1. The molecule has 1 aliphatic heterocycles. The van der Waals surface area contributed by atoms with E-state index in [2.05, 4.69) is 44.6 Å². The first-order chi connectivity index (χ1) is 25.7. The van der Waals surface area contributed by atoms with Crippen molar-refractivity contribution >= 4 is 50.2 Å². The number of piperidine rings is 1.